The predicted octanol–water partition coefficient (Wildman–Crippen LogP) is 3.81. The number of nitrogens with zero attached hydrogens (tertiary/aromatic N) is 1. The van der Waals surface area contributed by atoms with E-state index in [0.29, 0.717) is 5.02 Å². The average molecular weight is 242 g/mol. The molecule has 0 radical (unpaired) electrons. The van der Waals surface area contributed by atoms with Crippen LogP contribution >= 0.6 is 11.6 Å². The van der Waals surface area contributed by atoms with E-state index in [0.717, 1.165) is 18.2 Å². The molecule has 0 aliphatic rings. The number of ether oxygens (including phenoxy) is 1. The van der Waals surface area contributed by atoms with Crippen LogP contribution < -0.4 is 4.74 Å². The normalized spacial score (nSPS) is 10.2. The van der Waals surface area contributed by atoms with Gasteiger partial charge in [-0.05, 0) is 6.07 Å². The molecule has 0 spiro atoms. The molecule has 0 N–H and O–H groups in total. The van der Waals surface area contributed by atoms with Gasteiger partial charge in [0, 0.05) is 30.5 Å². The van der Waals surface area contributed by atoms with Gasteiger partial charge in [-0.1, -0.05) is 11.6 Å². The lowest BCUT2D eigenvalue weighted by molar-refractivity contribution is 0.451. The zero-order chi connectivity index (χ0) is 11.5. The van der Waals surface area contributed by atoms with E-state index in [1.165, 1.54) is 12.3 Å². The fourth-order valence-electron chi connectivity index (χ4n) is 1.13. The summed E-state index contributed by atoms with van der Waals surface area (Å²) in [5.41, 5.74) is 0. The number of pyridine rings is 1. The minimum Gasteiger partial charge on any atom is -0.439 e. The van der Waals surface area contributed by atoms with Crippen molar-refractivity contribution in [2.24, 2.45) is 0 Å². The molecule has 0 aliphatic carbocycles. The largest absolute Gasteiger partial charge is 0.439 e. The Morgan fingerprint density at radius 1 is 1.06 bits per heavy atom. The molecule has 0 saturated carbocycles. The topological polar surface area (TPSA) is 22.1 Å². The Morgan fingerprint density at radius 3 is 2.31 bits per heavy atom. The van der Waals surface area contributed by atoms with E-state index in [1.54, 1.807) is 6.07 Å². The van der Waals surface area contributed by atoms with Crippen LogP contribution in [0.25, 0.3) is 0 Å². The van der Waals surface area contributed by atoms with Crippen LogP contribution in [0.2, 0.25) is 5.02 Å². The zero-order valence-electron chi connectivity index (χ0n) is 7.95. The molecule has 0 saturated heterocycles. The summed E-state index contributed by atoms with van der Waals surface area (Å²) in [7, 11) is 0. The summed E-state index contributed by atoms with van der Waals surface area (Å²) in [5.74, 6) is -1.14. The lowest BCUT2D eigenvalue weighted by Crippen LogP contribution is -1.89. The lowest BCUT2D eigenvalue weighted by Gasteiger charge is -2.04. The van der Waals surface area contributed by atoms with Crippen LogP contribution in [0.4, 0.5) is 8.78 Å². The highest BCUT2D eigenvalue weighted by Gasteiger charge is 2.03. The summed E-state index contributed by atoms with van der Waals surface area (Å²) in [4.78, 5) is 3.83. The molecule has 0 unspecified atom stereocenters. The molecule has 0 atom stereocenters. The van der Waals surface area contributed by atoms with E-state index in [1.807, 2.05) is 0 Å². The van der Waals surface area contributed by atoms with E-state index in [2.05, 4.69) is 4.98 Å². The highest BCUT2D eigenvalue weighted by atomic mass is 35.5. The number of benzene rings is 1. The Bertz CT molecular complexity index is 482. The first-order chi connectivity index (χ1) is 7.63. The summed E-state index contributed by atoms with van der Waals surface area (Å²) < 4.78 is 30.8. The maximum atomic E-state index is 12.8. The van der Waals surface area contributed by atoms with Crippen LogP contribution in [-0.4, -0.2) is 4.98 Å². The molecule has 2 aromatic rings. The first kappa shape index (κ1) is 10.8. The standard InChI is InChI=1S/C11H6ClF2NO/c12-7-1-2-11(15-6-7)16-10-4-8(13)3-9(14)5-10/h1-6H. The monoisotopic (exact) mass is 241 g/mol. The van der Waals surface area contributed by atoms with Crippen LogP contribution in [0, 0.1) is 11.6 Å². The number of rotatable bonds is 2. The van der Waals surface area contributed by atoms with Crippen LogP contribution in [-0.2, 0) is 0 Å². The van der Waals surface area contributed by atoms with Gasteiger partial charge in [0.05, 0.1) is 5.02 Å². The van der Waals surface area contributed by atoms with Gasteiger partial charge in [0.1, 0.15) is 17.4 Å². The van der Waals surface area contributed by atoms with Crippen LogP contribution in [0.15, 0.2) is 36.5 Å². The van der Waals surface area contributed by atoms with Gasteiger partial charge in [0.25, 0.3) is 0 Å². The molecule has 1 heterocycles. The quantitative estimate of drug-likeness (QED) is 0.798. The van der Waals surface area contributed by atoms with Gasteiger partial charge >= 0.3 is 0 Å². The van der Waals surface area contributed by atoms with E-state index < -0.39 is 11.6 Å². The van der Waals surface area contributed by atoms with E-state index in [9.17, 15) is 8.78 Å². The first-order valence-corrected chi connectivity index (χ1v) is 4.77. The second-order valence-electron chi connectivity index (χ2n) is 3.02. The molecule has 82 valence electrons. The van der Waals surface area contributed by atoms with Crippen molar-refractivity contribution in [2.45, 2.75) is 0 Å². The van der Waals surface area contributed by atoms with E-state index >= 15 is 0 Å². The highest BCUT2D eigenvalue weighted by Crippen LogP contribution is 2.22. The van der Waals surface area contributed by atoms with Crippen molar-refractivity contribution in [1.29, 1.82) is 0 Å². The van der Waals surface area contributed by atoms with Crippen molar-refractivity contribution in [2.75, 3.05) is 0 Å². The third kappa shape index (κ3) is 2.67. The van der Waals surface area contributed by atoms with Crippen molar-refractivity contribution in [3.63, 3.8) is 0 Å². The molecular weight excluding hydrogens is 236 g/mol. The average Bonchev–Trinajstić information content (AvgIpc) is 2.20. The molecule has 2 rings (SSSR count). The van der Waals surface area contributed by atoms with Crippen molar-refractivity contribution in [3.05, 3.63) is 53.2 Å². The lowest BCUT2D eigenvalue weighted by atomic mass is 10.3. The molecule has 2 nitrogen and oxygen atoms in total. The number of hydrogen-bond acceptors (Lipinski definition) is 2. The number of hydrogen-bond donors (Lipinski definition) is 0. The molecule has 16 heavy (non-hydrogen) atoms. The van der Waals surface area contributed by atoms with Crippen molar-refractivity contribution in [1.82, 2.24) is 4.98 Å². The summed E-state index contributed by atoms with van der Waals surface area (Å²) >= 11 is 5.63. The van der Waals surface area contributed by atoms with Gasteiger partial charge in [0.2, 0.25) is 5.88 Å². The predicted molar refractivity (Wildman–Crippen MR) is 55.7 cm³/mol. The smallest absolute Gasteiger partial charge is 0.219 e. The highest BCUT2D eigenvalue weighted by molar-refractivity contribution is 6.30. The summed E-state index contributed by atoms with van der Waals surface area (Å²) in [5, 5.41) is 0.456. The van der Waals surface area contributed by atoms with E-state index in [4.69, 9.17) is 16.3 Å². The second kappa shape index (κ2) is 4.45. The van der Waals surface area contributed by atoms with Gasteiger partial charge in [-0.3, -0.25) is 0 Å². The van der Waals surface area contributed by atoms with Gasteiger partial charge in [-0.15, -0.1) is 0 Å². The Hall–Kier alpha value is -1.68. The summed E-state index contributed by atoms with van der Waals surface area (Å²) in [6.07, 6.45) is 1.38. The third-order valence-corrected chi connectivity index (χ3v) is 1.98. The summed E-state index contributed by atoms with van der Waals surface area (Å²) in [6.45, 7) is 0. The maximum Gasteiger partial charge on any atom is 0.219 e. The molecule has 1 aromatic heterocycles. The molecule has 1 aromatic carbocycles. The molecule has 0 fully saturated rings. The minimum absolute atomic E-state index is 0.0484. The van der Waals surface area contributed by atoms with E-state index in [-0.39, 0.29) is 11.6 Å². The van der Waals surface area contributed by atoms with Crippen molar-refractivity contribution >= 4 is 11.6 Å². The van der Waals surface area contributed by atoms with Crippen LogP contribution in [0.3, 0.4) is 0 Å². The fourth-order valence-corrected chi connectivity index (χ4v) is 1.24. The molecule has 0 bridgehead atoms. The Kier molecular flexibility index (Phi) is 3.01. The van der Waals surface area contributed by atoms with Gasteiger partial charge < -0.3 is 4.74 Å². The van der Waals surface area contributed by atoms with Gasteiger partial charge in [-0.2, -0.15) is 0 Å². The SMILES string of the molecule is Fc1cc(F)cc(Oc2ccc(Cl)cn2)c1. The molecule has 0 amide bonds. The Morgan fingerprint density at radius 2 is 1.75 bits per heavy atom. The van der Waals surface area contributed by atoms with Crippen LogP contribution in [0.1, 0.15) is 0 Å². The minimum atomic E-state index is -0.705. The van der Waals surface area contributed by atoms with Gasteiger partial charge in [0.15, 0.2) is 0 Å². The zero-order valence-corrected chi connectivity index (χ0v) is 8.71. The van der Waals surface area contributed by atoms with Gasteiger partial charge in [-0.25, -0.2) is 13.8 Å². The van der Waals surface area contributed by atoms with Crippen molar-refractivity contribution in [3.8, 4) is 11.6 Å². The summed E-state index contributed by atoms with van der Waals surface area (Å²) in [6, 6.07) is 5.98. The molecular formula is C11H6ClF2NO. The number of aromatic nitrogens is 1. The maximum absolute atomic E-state index is 12.8. The fraction of sp³-hybridized carbons (Fsp3) is 0. The molecule has 0 aliphatic heterocycles. The molecule has 5 heteroatoms. The van der Waals surface area contributed by atoms with Crippen molar-refractivity contribution < 1.29 is 13.5 Å². The number of halogens is 3. The van der Waals surface area contributed by atoms with Crippen LogP contribution in [0.5, 0.6) is 11.6 Å². The third-order valence-electron chi connectivity index (χ3n) is 1.76. The first-order valence-electron chi connectivity index (χ1n) is 4.39. The second-order valence-corrected chi connectivity index (χ2v) is 3.46. The Balaban J connectivity index is 2.23. The Labute approximate surface area is 95.5 Å².